The third-order valence-electron chi connectivity index (χ3n) is 5.99. The molecule has 2 atom stereocenters. The summed E-state index contributed by atoms with van der Waals surface area (Å²) in [6.07, 6.45) is 5.25. The highest BCUT2D eigenvalue weighted by molar-refractivity contribution is 5.80. The zero-order valence-electron chi connectivity index (χ0n) is 18.1. The van der Waals surface area contributed by atoms with Crippen LogP contribution in [0.25, 0.3) is 0 Å². The normalized spacial score (nSPS) is 27.6. The van der Waals surface area contributed by atoms with Crippen molar-refractivity contribution in [2.24, 2.45) is 16.3 Å². The fourth-order valence-electron chi connectivity index (χ4n) is 4.50. The highest BCUT2D eigenvalue weighted by atomic mass is 15.3. The zero-order chi connectivity index (χ0) is 19.0. The Balaban J connectivity index is 1.88. The number of piperazine rings is 1. The van der Waals surface area contributed by atoms with Crippen LogP contribution in [0.2, 0.25) is 0 Å². The molecule has 0 bridgehead atoms. The van der Waals surface area contributed by atoms with Gasteiger partial charge < -0.3 is 20.0 Å². The average molecular weight is 366 g/mol. The molecule has 2 heterocycles. The number of rotatable bonds is 7. The molecule has 2 rings (SSSR count). The summed E-state index contributed by atoms with van der Waals surface area (Å²) in [6, 6.07) is 0. The van der Waals surface area contributed by atoms with Gasteiger partial charge in [0.15, 0.2) is 5.96 Å². The van der Waals surface area contributed by atoms with Gasteiger partial charge in [-0.15, -0.1) is 0 Å². The lowest BCUT2D eigenvalue weighted by Gasteiger charge is -2.42. The first kappa shape index (κ1) is 21.5. The Morgan fingerprint density at radius 3 is 2.54 bits per heavy atom. The molecule has 5 heteroatoms. The van der Waals surface area contributed by atoms with Crippen LogP contribution in [0.15, 0.2) is 4.99 Å². The molecular weight excluding hydrogens is 322 g/mol. The van der Waals surface area contributed by atoms with Crippen molar-refractivity contribution in [1.82, 2.24) is 20.0 Å². The Bertz CT molecular complexity index is 426. The third kappa shape index (κ3) is 6.73. The van der Waals surface area contributed by atoms with Gasteiger partial charge >= 0.3 is 0 Å². The van der Waals surface area contributed by atoms with Crippen molar-refractivity contribution in [1.29, 1.82) is 0 Å². The summed E-state index contributed by atoms with van der Waals surface area (Å²) in [5, 5.41) is 3.55. The molecule has 0 aliphatic carbocycles. The smallest absolute Gasteiger partial charge is 0.193 e. The van der Waals surface area contributed by atoms with E-state index in [0.29, 0.717) is 11.3 Å². The van der Waals surface area contributed by atoms with Gasteiger partial charge in [-0.25, -0.2) is 0 Å². The van der Waals surface area contributed by atoms with Gasteiger partial charge in [0.05, 0.1) is 0 Å². The summed E-state index contributed by atoms with van der Waals surface area (Å²) in [6.45, 7) is 19.4. The number of nitrogens with zero attached hydrogens (tertiary/aromatic N) is 4. The van der Waals surface area contributed by atoms with E-state index < -0.39 is 0 Å². The predicted molar refractivity (Wildman–Crippen MR) is 113 cm³/mol. The van der Waals surface area contributed by atoms with Gasteiger partial charge in [0.2, 0.25) is 0 Å². The van der Waals surface area contributed by atoms with E-state index in [9.17, 15) is 0 Å². The monoisotopic (exact) mass is 365 g/mol. The lowest BCUT2D eigenvalue weighted by atomic mass is 9.78. The standard InChI is InChI=1S/C21H43N5/c1-6-9-21(4)10-8-11-26(18-21)20(22-7-2)23-16-19(3)17-25-14-12-24(5)13-15-25/h19H,6-18H2,1-5H3,(H,22,23). The fraction of sp³-hybridized carbons (Fsp3) is 0.952. The molecule has 2 aliphatic rings. The Morgan fingerprint density at radius 1 is 1.15 bits per heavy atom. The Morgan fingerprint density at radius 2 is 1.88 bits per heavy atom. The molecule has 2 aliphatic heterocycles. The minimum absolute atomic E-state index is 0.453. The van der Waals surface area contributed by atoms with Crippen LogP contribution in [-0.2, 0) is 0 Å². The summed E-state index contributed by atoms with van der Waals surface area (Å²) in [4.78, 5) is 12.6. The van der Waals surface area contributed by atoms with E-state index in [1.54, 1.807) is 0 Å². The maximum Gasteiger partial charge on any atom is 0.193 e. The van der Waals surface area contributed by atoms with Gasteiger partial charge in [-0.3, -0.25) is 4.99 Å². The molecule has 0 aromatic heterocycles. The van der Waals surface area contributed by atoms with Crippen LogP contribution in [0.5, 0.6) is 0 Å². The van der Waals surface area contributed by atoms with Crippen molar-refractivity contribution in [2.75, 3.05) is 66.0 Å². The summed E-state index contributed by atoms with van der Waals surface area (Å²) in [5.41, 5.74) is 0.453. The van der Waals surface area contributed by atoms with Crippen LogP contribution in [0.1, 0.15) is 53.4 Å². The Kier molecular flexibility index (Phi) is 8.68. The van der Waals surface area contributed by atoms with Crippen LogP contribution < -0.4 is 5.32 Å². The molecule has 152 valence electrons. The van der Waals surface area contributed by atoms with E-state index in [-0.39, 0.29) is 0 Å². The quantitative estimate of drug-likeness (QED) is 0.556. The summed E-state index contributed by atoms with van der Waals surface area (Å²) >= 11 is 0. The van der Waals surface area contributed by atoms with Crippen LogP contribution in [-0.4, -0.2) is 86.6 Å². The number of likely N-dealkylation sites (tertiary alicyclic amines) is 1. The molecule has 0 saturated carbocycles. The van der Waals surface area contributed by atoms with E-state index in [0.717, 1.165) is 32.1 Å². The second-order valence-corrected chi connectivity index (χ2v) is 8.99. The largest absolute Gasteiger partial charge is 0.357 e. The topological polar surface area (TPSA) is 34.1 Å². The number of likely N-dealkylation sites (N-methyl/N-ethyl adjacent to an activating group) is 1. The zero-order valence-corrected chi connectivity index (χ0v) is 18.1. The van der Waals surface area contributed by atoms with E-state index in [4.69, 9.17) is 4.99 Å². The number of piperidine rings is 1. The maximum absolute atomic E-state index is 5.04. The van der Waals surface area contributed by atoms with Crippen molar-refractivity contribution < 1.29 is 0 Å². The minimum Gasteiger partial charge on any atom is -0.357 e. The average Bonchev–Trinajstić information content (AvgIpc) is 2.60. The first-order valence-electron chi connectivity index (χ1n) is 10.9. The second kappa shape index (κ2) is 10.5. The molecule has 2 unspecified atom stereocenters. The summed E-state index contributed by atoms with van der Waals surface area (Å²) in [5.74, 6) is 1.75. The van der Waals surface area contributed by atoms with Crippen LogP contribution >= 0.6 is 0 Å². The van der Waals surface area contributed by atoms with Crippen LogP contribution in [0.3, 0.4) is 0 Å². The van der Waals surface area contributed by atoms with Crippen molar-refractivity contribution in [3.63, 3.8) is 0 Å². The molecule has 0 radical (unpaired) electrons. The first-order valence-corrected chi connectivity index (χ1v) is 10.9. The Hall–Kier alpha value is -0.810. The van der Waals surface area contributed by atoms with Crippen molar-refractivity contribution in [2.45, 2.75) is 53.4 Å². The lowest BCUT2D eigenvalue weighted by Crippen LogP contribution is -2.50. The molecule has 2 saturated heterocycles. The second-order valence-electron chi connectivity index (χ2n) is 8.99. The van der Waals surface area contributed by atoms with Gasteiger partial charge in [0, 0.05) is 58.9 Å². The minimum atomic E-state index is 0.453. The maximum atomic E-state index is 5.04. The van der Waals surface area contributed by atoms with Gasteiger partial charge in [-0.2, -0.15) is 0 Å². The van der Waals surface area contributed by atoms with E-state index in [2.05, 4.69) is 54.8 Å². The molecule has 2 fully saturated rings. The van der Waals surface area contributed by atoms with Gasteiger partial charge in [0.25, 0.3) is 0 Å². The highest BCUT2D eigenvalue weighted by Crippen LogP contribution is 2.33. The third-order valence-corrected chi connectivity index (χ3v) is 5.99. The van der Waals surface area contributed by atoms with E-state index in [1.165, 1.54) is 58.4 Å². The van der Waals surface area contributed by atoms with Crippen molar-refractivity contribution >= 4 is 5.96 Å². The van der Waals surface area contributed by atoms with Crippen molar-refractivity contribution in [3.05, 3.63) is 0 Å². The number of hydrogen-bond acceptors (Lipinski definition) is 3. The molecular formula is C21H43N5. The molecule has 26 heavy (non-hydrogen) atoms. The number of aliphatic imine (C=N–C) groups is 1. The van der Waals surface area contributed by atoms with Crippen LogP contribution in [0, 0.1) is 11.3 Å². The SMILES string of the molecule is CCCC1(C)CCCN(C(=NCC(C)CN2CCN(C)CC2)NCC)C1. The number of hydrogen-bond donors (Lipinski definition) is 1. The first-order chi connectivity index (χ1) is 12.5. The molecule has 0 aromatic carbocycles. The van der Waals surface area contributed by atoms with E-state index >= 15 is 0 Å². The highest BCUT2D eigenvalue weighted by Gasteiger charge is 2.31. The summed E-state index contributed by atoms with van der Waals surface area (Å²) in [7, 11) is 2.22. The molecule has 5 nitrogen and oxygen atoms in total. The van der Waals surface area contributed by atoms with Crippen LogP contribution in [0.4, 0.5) is 0 Å². The Labute approximate surface area is 162 Å². The lowest BCUT2D eigenvalue weighted by molar-refractivity contribution is 0.138. The molecule has 0 amide bonds. The van der Waals surface area contributed by atoms with Crippen molar-refractivity contribution in [3.8, 4) is 0 Å². The summed E-state index contributed by atoms with van der Waals surface area (Å²) < 4.78 is 0. The fourth-order valence-corrected chi connectivity index (χ4v) is 4.50. The number of nitrogens with one attached hydrogen (secondary N) is 1. The van der Waals surface area contributed by atoms with E-state index in [1.807, 2.05) is 0 Å². The van der Waals surface area contributed by atoms with Gasteiger partial charge in [-0.05, 0) is 44.6 Å². The predicted octanol–water partition coefficient (Wildman–Crippen LogP) is 2.74. The molecule has 1 N–H and O–H groups in total. The number of guanidine groups is 1. The molecule has 0 spiro atoms. The van der Waals surface area contributed by atoms with Gasteiger partial charge in [0.1, 0.15) is 0 Å². The van der Waals surface area contributed by atoms with Gasteiger partial charge in [-0.1, -0.05) is 27.2 Å². The molecule has 0 aromatic rings.